The van der Waals surface area contributed by atoms with Gasteiger partial charge in [0.05, 0.1) is 20.8 Å². The molecule has 1 aromatic rings. The molecule has 0 heterocycles. The van der Waals surface area contributed by atoms with Gasteiger partial charge in [-0.2, -0.15) is 0 Å². The van der Waals surface area contributed by atoms with Crippen molar-refractivity contribution in [3.63, 3.8) is 0 Å². The first kappa shape index (κ1) is 17.9. The van der Waals surface area contributed by atoms with Crippen LogP contribution >= 0.6 is 11.6 Å². The highest BCUT2D eigenvalue weighted by atomic mass is 35.5. The molecule has 21 heavy (non-hydrogen) atoms. The predicted molar refractivity (Wildman–Crippen MR) is 81.9 cm³/mol. The van der Waals surface area contributed by atoms with Crippen molar-refractivity contribution in [2.75, 3.05) is 47.8 Å². The summed E-state index contributed by atoms with van der Waals surface area (Å²) >= 11 is 5.84. The van der Waals surface area contributed by atoms with E-state index in [2.05, 4.69) is 0 Å². The number of rotatable bonds is 11. The molecule has 1 aromatic carbocycles. The van der Waals surface area contributed by atoms with Crippen LogP contribution in [0.15, 0.2) is 12.1 Å². The SMILES string of the molecule is COCCCOCCOc1c(OC)cc(CCl)cc1OC. The van der Waals surface area contributed by atoms with E-state index in [1.54, 1.807) is 21.3 Å². The van der Waals surface area contributed by atoms with Gasteiger partial charge in [0.15, 0.2) is 11.5 Å². The van der Waals surface area contributed by atoms with Crippen molar-refractivity contribution >= 4 is 11.6 Å². The molecule has 0 saturated heterocycles. The Balaban J connectivity index is 2.53. The van der Waals surface area contributed by atoms with Gasteiger partial charge in [0.1, 0.15) is 6.61 Å². The van der Waals surface area contributed by atoms with E-state index in [0.717, 1.165) is 12.0 Å². The molecule has 0 fully saturated rings. The molecule has 0 radical (unpaired) electrons. The third-order valence-corrected chi connectivity index (χ3v) is 3.09. The Morgan fingerprint density at radius 3 is 2.10 bits per heavy atom. The highest BCUT2D eigenvalue weighted by molar-refractivity contribution is 6.17. The van der Waals surface area contributed by atoms with Gasteiger partial charge in [-0.1, -0.05) is 0 Å². The molecule has 0 amide bonds. The van der Waals surface area contributed by atoms with Gasteiger partial charge in [-0.15, -0.1) is 11.6 Å². The Hall–Kier alpha value is -1.17. The summed E-state index contributed by atoms with van der Waals surface area (Å²) < 4.78 is 26.7. The fraction of sp³-hybridized carbons (Fsp3) is 0.600. The van der Waals surface area contributed by atoms with Crippen LogP contribution in [-0.4, -0.2) is 47.8 Å². The van der Waals surface area contributed by atoms with E-state index >= 15 is 0 Å². The van der Waals surface area contributed by atoms with Gasteiger partial charge in [-0.05, 0) is 24.1 Å². The normalized spacial score (nSPS) is 10.5. The Morgan fingerprint density at radius 1 is 0.905 bits per heavy atom. The maximum atomic E-state index is 5.84. The molecule has 120 valence electrons. The zero-order chi connectivity index (χ0) is 15.5. The van der Waals surface area contributed by atoms with E-state index in [9.17, 15) is 0 Å². The van der Waals surface area contributed by atoms with Crippen molar-refractivity contribution in [1.82, 2.24) is 0 Å². The minimum Gasteiger partial charge on any atom is -0.493 e. The van der Waals surface area contributed by atoms with Crippen LogP contribution in [0.2, 0.25) is 0 Å². The number of hydrogen-bond acceptors (Lipinski definition) is 5. The Kier molecular flexibility index (Phi) is 8.98. The average molecular weight is 319 g/mol. The zero-order valence-electron chi connectivity index (χ0n) is 12.8. The fourth-order valence-electron chi connectivity index (χ4n) is 1.76. The maximum absolute atomic E-state index is 5.84. The first-order valence-corrected chi connectivity index (χ1v) is 7.30. The lowest BCUT2D eigenvalue weighted by Gasteiger charge is -2.15. The van der Waals surface area contributed by atoms with Gasteiger partial charge in [0.25, 0.3) is 0 Å². The van der Waals surface area contributed by atoms with Crippen LogP contribution in [0.4, 0.5) is 0 Å². The molecule has 0 atom stereocenters. The second-order valence-electron chi connectivity index (χ2n) is 4.27. The average Bonchev–Trinajstić information content (AvgIpc) is 2.53. The molecule has 0 spiro atoms. The molecule has 6 heteroatoms. The lowest BCUT2D eigenvalue weighted by Crippen LogP contribution is -2.10. The van der Waals surface area contributed by atoms with Crippen LogP contribution in [-0.2, 0) is 15.4 Å². The summed E-state index contributed by atoms with van der Waals surface area (Å²) in [4.78, 5) is 0. The van der Waals surface area contributed by atoms with Crippen LogP contribution in [0.1, 0.15) is 12.0 Å². The molecule has 1 rings (SSSR count). The quantitative estimate of drug-likeness (QED) is 0.464. The third-order valence-electron chi connectivity index (χ3n) is 2.79. The van der Waals surface area contributed by atoms with E-state index < -0.39 is 0 Å². The number of methoxy groups -OCH3 is 3. The van der Waals surface area contributed by atoms with Gasteiger partial charge in [0, 0.05) is 26.2 Å². The van der Waals surface area contributed by atoms with E-state index in [0.29, 0.717) is 49.6 Å². The van der Waals surface area contributed by atoms with Crippen LogP contribution in [0.5, 0.6) is 17.2 Å². The number of hydrogen-bond donors (Lipinski definition) is 0. The summed E-state index contributed by atoms with van der Waals surface area (Å²) in [5.41, 5.74) is 0.911. The monoisotopic (exact) mass is 318 g/mol. The summed E-state index contributed by atoms with van der Waals surface area (Å²) in [6.45, 7) is 2.26. The van der Waals surface area contributed by atoms with Crippen LogP contribution in [0.25, 0.3) is 0 Å². The maximum Gasteiger partial charge on any atom is 0.203 e. The van der Waals surface area contributed by atoms with Crippen LogP contribution in [0.3, 0.4) is 0 Å². The van der Waals surface area contributed by atoms with E-state index in [1.807, 2.05) is 12.1 Å². The molecule has 0 aliphatic carbocycles. The number of halogens is 1. The third kappa shape index (κ3) is 5.99. The van der Waals surface area contributed by atoms with Crippen molar-refractivity contribution in [2.24, 2.45) is 0 Å². The second-order valence-corrected chi connectivity index (χ2v) is 4.54. The minimum absolute atomic E-state index is 0.385. The van der Waals surface area contributed by atoms with E-state index in [1.165, 1.54) is 0 Å². The van der Waals surface area contributed by atoms with Gasteiger partial charge < -0.3 is 23.7 Å². The van der Waals surface area contributed by atoms with Crippen molar-refractivity contribution in [3.05, 3.63) is 17.7 Å². The van der Waals surface area contributed by atoms with Crippen molar-refractivity contribution in [3.8, 4) is 17.2 Å². The molecule has 0 aliphatic rings. The lowest BCUT2D eigenvalue weighted by atomic mass is 10.2. The number of ether oxygens (including phenoxy) is 5. The Morgan fingerprint density at radius 2 is 1.57 bits per heavy atom. The summed E-state index contributed by atoms with van der Waals surface area (Å²) in [7, 11) is 4.84. The number of benzene rings is 1. The van der Waals surface area contributed by atoms with Crippen LogP contribution < -0.4 is 14.2 Å². The fourth-order valence-corrected chi connectivity index (χ4v) is 1.92. The second kappa shape index (κ2) is 10.5. The highest BCUT2D eigenvalue weighted by Gasteiger charge is 2.13. The summed E-state index contributed by atoms with van der Waals surface area (Å²) in [5.74, 6) is 2.15. The molecule has 0 bridgehead atoms. The minimum atomic E-state index is 0.385. The summed E-state index contributed by atoms with van der Waals surface area (Å²) in [6, 6.07) is 3.68. The Bertz CT molecular complexity index is 386. The lowest BCUT2D eigenvalue weighted by molar-refractivity contribution is 0.0792. The van der Waals surface area contributed by atoms with Gasteiger partial charge in [0.2, 0.25) is 5.75 Å². The largest absolute Gasteiger partial charge is 0.493 e. The van der Waals surface area contributed by atoms with Crippen molar-refractivity contribution in [1.29, 1.82) is 0 Å². The van der Waals surface area contributed by atoms with Gasteiger partial charge in [-0.3, -0.25) is 0 Å². The van der Waals surface area contributed by atoms with Crippen LogP contribution in [0, 0.1) is 0 Å². The molecular weight excluding hydrogens is 296 g/mol. The zero-order valence-corrected chi connectivity index (χ0v) is 13.6. The standard InChI is InChI=1S/C15H23ClO5/c1-17-5-4-6-20-7-8-21-15-13(18-2)9-12(11-16)10-14(15)19-3/h9-10H,4-8,11H2,1-3H3. The van der Waals surface area contributed by atoms with E-state index in [-0.39, 0.29) is 0 Å². The Labute approximate surface area is 131 Å². The molecular formula is C15H23ClO5. The van der Waals surface area contributed by atoms with Crippen molar-refractivity contribution in [2.45, 2.75) is 12.3 Å². The molecule has 0 saturated carbocycles. The molecule has 5 nitrogen and oxygen atoms in total. The van der Waals surface area contributed by atoms with Crippen molar-refractivity contribution < 1.29 is 23.7 Å². The smallest absolute Gasteiger partial charge is 0.203 e. The highest BCUT2D eigenvalue weighted by Crippen LogP contribution is 2.38. The summed E-state index contributed by atoms with van der Waals surface area (Å²) in [6.07, 6.45) is 0.869. The first-order chi connectivity index (χ1) is 10.3. The van der Waals surface area contributed by atoms with Gasteiger partial charge in [-0.25, -0.2) is 0 Å². The number of alkyl halides is 1. The summed E-state index contributed by atoms with van der Waals surface area (Å²) in [5, 5.41) is 0. The van der Waals surface area contributed by atoms with E-state index in [4.69, 9.17) is 35.3 Å². The predicted octanol–water partition coefficient (Wildman–Crippen LogP) is 2.87. The molecule has 0 aliphatic heterocycles. The van der Waals surface area contributed by atoms with Gasteiger partial charge >= 0.3 is 0 Å². The molecule has 0 aromatic heterocycles. The first-order valence-electron chi connectivity index (χ1n) is 6.77. The topological polar surface area (TPSA) is 46.2 Å². The molecule has 0 unspecified atom stereocenters. The molecule has 0 N–H and O–H groups in total.